The Balaban J connectivity index is 2.20. The van der Waals surface area contributed by atoms with E-state index in [-0.39, 0.29) is 4.99 Å². The molecule has 0 unspecified atom stereocenters. The Hall–Kier alpha value is -2.08. The number of thiocarbonyl (C=S) groups is 1. The van der Waals surface area contributed by atoms with E-state index in [1.54, 1.807) is 12.4 Å². The van der Waals surface area contributed by atoms with Crippen molar-refractivity contribution < 1.29 is 0 Å². The fourth-order valence-electron chi connectivity index (χ4n) is 1.27. The second-order valence-corrected chi connectivity index (χ2v) is 3.85. The summed E-state index contributed by atoms with van der Waals surface area (Å²) in [7, 11) is 0. The first-order valence-electron chi connectivity index (χ1n) is 4.97. The number of hydrogen-bond donors (Lipinski definition) is 2. The molecule has 2 aromatic rings. The van der Waals surface area contributed by atoms with E-state index in [1.165, 1.54) is 6.20 Å². The first-order chi connectivity index (χ1) is 8.16. The lowest BCUT2D eigenvalue weighted by Gasteiger charge is -2.07. The van der Waals surface area contributed by atoms with Crippen LogP contribution >= 0.6 is 12.2 Å². The lowest BCUT2D eigenvalue weighted by atomic mass is 10.3. The molecular formula is C11H11N5S. The van der Waals surface area contributed by atoms with Gasteiger partial charge in [0.2, 0.25) is 0 Å². The Morgan fingerprint density at radius 2 is 2.12 bits per heavy atom. The third kappa shape index (κ3) is 2.73. The van der Waals surface area contributed by atoms with E-state index in [2.05, 4.69) is 20.3 Å². The van der Waals surface area contributed by atoms with Crippen LogP contribution in [0.15, 0.2) is 30.7 Å². The van der Waals surface area contributed by atoms with Crippen molar-refractivity contribution in [2.24, 2.45) is 5.73 Å². The van der Waals surface area contributed by atoms with E-state index in [0.29, 0.717) is 11.5 Å². The van der Waals surface area contributed by atoms with Crippen molar-refractivity contribution in [3.05, 3.63) is 42.1 Å². The number of nitrogens with one attached hydrogen (secondary N) is 1. The van der Waals surface area contributed by atoms with Gasteiger partial charge in [-0.05, 0) is 19.1 Å². The van der Waals surface area contributed by atoms with Crippen LogP contribution in [0.4, 0.5) is 11.5 Å². The second-order valence-electron chi connectivity index (χ2n) is 3.41. The molecule has 0 saturated carbocycles. The molecule has 0 spiro atoms. The maximum absolute atomic E-state index is 5.44. The fourth-order valence-corrected chi connectivity index (χ4v) is 1.38. The van der Waals surface area contributed by atoms with Crippen molar-refractivity contribution in [2.45, 2.75) is 6.92 Å². The SMILES string of the molecule is Cc1ncccc1Nc1cnc(C(N)=S)cn1. The fraction of sp³-hybridized carbons (Fsp3) is 0.0909. The van der Waals surface area contributed by atoms with Crippen molar-refractivity contribution in [1.29, 1.82) is 0 Å². The second kappa shape index (κ2) is 4.84. The number of rotatable bonds is 3. The Labute approximate surface area is 104 Å². The van der Waals surface area contributed by atoms with Crippen molar-refractivity contribution in [3.63, 3.8) is 0 Å². The number of pyridine rings is 1. The quantitative estimate of drug-likeness (QED) is 0.799. The lowest BCUT2D eigenvalue weighted by molar-refractivity contribution is 1.16. The van der Waals surface area contributed by atoms with E-state index in [1.807, 2.05) is 19.1 Å². The highest BCUT2D eigenvalue weighted by Crippen LogP contribution is 2.15. The van der Waals surface area contributed by atoms with Gasteiger partial charge in [0, 0.05) is 6.20 Å². The summed E-state index contributed by atoms with van der Waals surface area (Å²) in [6.45, 7) is 1.92. The highest BCUT2D eigenvalue weighted by molar-refractivity contribution is 7.80. The summed E-state index contributed by atoms with van der Waals surface area (Å²) in [5.41, 5.74) is 7.74. The summed E-state index contributed by atoms with van der Waals surface area (Å²) in [5.74, 6) is 0.626. The molecular weight excluding hydrogens is 234 g/mol. The molecule has 0 fully saturated rings. The van der Waals surface area contributed by atoms with Gasteiger partial charge in [0.25, 0.3) is 0 Å². The predicted molar refractivity (Wildman–Crippen MR) is 70.2 cm³/mol. The molecule has 0 aromatic carbocycles. The monoisotopic (exact) mass is 245 g/mol. The minimum atomic E-state index is 0.238. The van der Waals surface area contributed by atoms with Crippen molar-refractivity contribution in [1.82, 2.24) is 15.0 Å². The number of anilines is 2. The van der Waals surface area contributed by atoms with Crippen LogP contribution in [0, 0.1) is 6.92 Å². The van der Waals surface area contributed by atoms with E-state index in [4.69, 9.17) is 18.0 Å². The number of aryl methyl sites for hydroxylation is 1. The first kappa shape index (κ1) is 11.4. The number of aromatic nitrogens is 3. The lowest BCUT2D eigenvalue weighted by Crippen LogP contribution is -2.12. The summed E-state index contributed by atoms with van der Waals surface area (Å²) in [6, 6.07) is 3.78. The zero-order chi connectivity index (χ0) is 12.3. The van der Waals surface area contributed by atoms with Crippen LogP contribution in [-0.2, 0) is 0 Å². The Morgan fingerprint density at radius 3 is 2.71 bits per heavy atom. The predicted octanol–water partition coefficient (Wildman–Crippen LogP) is 1.56. The third-order valence-corrected chi connectivity index (χ3v) is 2.38. The van der Waals surface area contributed by atoms with E-state index in [9.17, 15) is 0 Å². The van der Waals surface area contributed by atoms with Crippen LogP contribution in [0.3, 0.4) is 0 Å². The van der Waals surface area contributed by atoms with Crippen molar-refractivity contribution in [2.75, 3.05) is 5.32 Å². The molecule has 17 heavy (non-hydrogen) atoms. The van der Waals surface area contributed by atoms with Crippen LogP contribution in [0.1, 0.15) is 11.4 Å². The summed E-state index contributed by atoms with van der Waals surface area (Å²) >= 11 is 4.80. The van der Waals surface area contributed by atoms with E-state index < -0.39 is 0 Å². The standard InChI is InChI=1S/C11H11N5S/c1-7-8(3-2-4-13-7)16-10-6-14-9(5-15-10)11(12)17/h2-6H,1H3,(H2,12,17)(H,15,16). The summed E-state index contributed by atoms with van der Waals surface area (Å²) in [4.78, 5) is 12.7. The van der Waals surface area contributed by atoms with E-state index in [0.717, 1.165) is 11.4 Å². The molecule has 0 atom stereocenters. The van der Waals surface area contributed by atoms with Crippen molar-refractivity contribution in [3.8, 4) is 0 Å². The maximum atomic E-state index is 5.44. The van der Waals surface area contributed by atoms with Crippen LogP contribution in [0.25, 0.3) is 0 Å². The minimum Gasteiger partial charge on any atom is -0.388 e. The number of hydrogen-bond acceptors (Lipinski definition) is 5. The summed E-state index contributed by atoms with van der Waals surface area (Å²) in [6.07, 6.45) is 4.86. The normalized spacial score (nSPS) is 9.94. The van der Waals surface area contributed by atoms with Gasteiger partial charge in [-0.1, -0.05) is 12.2 Å². The average Bonchev–Trinajstić information content (AvgIpc) is 2.33. The molecule has 0 bridgehead atoms. The van der Waals surface area contributed by atoms with Gasteiger partial charge in [-0.3, -0.25) is 4.98 Å². The van der Waals surface area contributed by atoms with Crippen LogP contribution < -0.4 is 11.1 Å². The molecule has 86 valence electrons. The van der Waals surface area contributed by atoms with Gasteiger partial charge in [0.05, 0.1) is 23.8 Å². The number of nitrogens with zero attached hydrogens (tertiary/aromatic N) is 3. The molecule has 2 aromatic heterocycles. The van der Waals surface area contributed by atoms with Crippen LogP contribution in [0.5, 0.6) is 0 Å². The molecule has 0 aliphatic rings. The number of nitrogens with two attached hydrogens (primary N) is 1. The third-order valence-electron chi connectivity index (χ3n) is 2.17. The highest BCUT2D eigenvalue weighted by Gasteiger charge is 2.02. The Bertz CT molecular complexity index is 538. The largest absolute Gasteiger partial charge is 0.388 e. The summed E-state index contributed by atoms with van der Waals surface area (Å²) in [5, 5.41) is 3.12. The highest BCUT2D eigenvalue weighted by atomic mass is 32.1. The topological polar surface area (TPSA) is 76.7 Å². The Morgan fingerprint density at radius 1 is 1.29 bits per heavy atom. The maximum Gasteiger partial charge on any atom is 0.148 e. The zero-order valence-electron chi connectivity index (χ0n) is 9.21. The van der Waals surface area contributed by atoms with Crippen LogP contribution in [0.2, 0.25) is 0 Å². The molecule has 0 amide bonds. The molecule has 0 saturated heterocycles. The minimum absolute atomic E-state index is 0.238. The summed E-state index contributed by atoms with van der Waals surface area (Å²) < 4.78 is 0. The van der Waals surface area contributed by atoms with Gasteiger partial charge < -0.3 is 11.1 Å². The van der Waals surface area contributed by atoms with Gasteiger partial charge in [-0.25, -0.2) is 9.97 Å². The van der Waals surface area contributed by atoms with Gasteiger partial charge in [-0.2, -0.15) is 0 Å². The van der Waals surface area contributed by atoms with Crippen LogP contribution in [-0.4, -0.2) is 19.9 Å². The molecule has 2 rings (SSSR count). The smallest absolute Gasteiger partial charge is 0.148 e. The zero-order valence-corrected chi connectivity index (χ0v) is 10.0. The van der Waals surface area contributed by atoms with Crippen molar-refractivity contribution >= 4 is 28.7 Å². The Kier molecular flexibility index (Phi) is 3.24. The average molecular weight is 245 g/mol. The molecule has 2 heterocycles. The van der Waals surface area contributed by atoms with Gasteiger partial charge in [0.1, 0.15) is 16.5 Å². The molecule has 5 nitrogen and oxygen atoms in total. The van der Waals surface area contributed by atoms with Gasteiger partial charge in [0.15, 0.2) is 0 Å². The van der Waals surface area contributed by atoms with E-state index >= 15 is 0 Å². The first-order valence-corrected chi connectivity index (χ1v) is 5.38. The molecule has 6 heteroatoms. The van der Waals surface area contributed by atoms with Gasteiger partial charge >= 0.3 is 0 Å². The van der Waals surface area contributed by atoms with Gasteiger partial charge in [-0.15, -0.1) is 0 Å². The molecule has 0 aliphatic heterocycles. The molecule has 3 N–H and O–H groups in total. The molecule has 0 radical (unpaired) electrons. The molecule has 0 aliphatic carbocycles.